The van der Waals surface area contributed by atoms with Gasteiger partial charge in [0.15, 0.2) is 18.0 Å². The largest absolute Gasteiger partial charge is 0.493 e. The quantitative estimate of drug-likeness (QED) is 0.732. The van der Waals surface area contributed by atoms with Crippen molar-refractivity contribution in [2.45, 2.75) is 6.54 Å². The van der Waals surface area contributed by atoms with Gasteiger partial charge >= 0.3 is 0 Å². The van der Waals surface area contributed by atoms with Crippen LogP contribution in [0, 0.1) is 0 Å². The molecule has 0 unspecified atom stereocenters. The van der Waals surface area contributed by atoms with Crippen LogP contribution in [-0.4, -0.2) is 52.9 Å². The first kappa shape index (κ1) is 20.3. The predicted molar refractivity (Wildman–Crippen MR) is 111 cm³/mol. The molecule has 0 aromatic heterocycles. The van der Waals surface area contributed by atoms with Gasteiger partial charge in [-0.15, -0.1) is 0 Å². The monoisotopic (exact) mass is 404 g/mol. The lowest BCUT2D eigenvalue weighted by Crippen LogP contribution is -3.15. The normalized spacial score (nSPS) is 14.6. The number of carbonyl (C=O) groups is 1. The fourth-order valence-electron chi connectivity index (χ4n) is 3.43. The number of amides is 1. The van der Waals surface area contributed by atoms with Gasteiger partial charge in [0.2, 0.25) is 0 Å². The molecule has 0 atom stereocenters. The molecule has 150 valence electrons. The van der Waals surface area contributed by atoms with Crippen LogP contribution in [0.1, 0.15) is 5.56 Å². The van der Waals surface area contributed by atoms with Gasteiger partial charge in [-0.3, -0.25) is 4.79 Å². The Labute approximate surface area is 171 Å². The summed E-state index contributed by atoms with van der Waals surface area (Å²) in [6.07, 6.45) is 0. The highest BCUT2D eigenvalue weighted by atomic mass is 35.5. The lowest BCUT2D eigenvalue weighted by molar-refractivity contribution is -0.892. The summed E-state index contributed by atoms with van der Waals surface area (Å²) in [7, 11) is 3.21. The Morgan fingerprint density at radius 1 is 1.11 bits per heavy atom. The molecule has 1 aliphatic heterocycles. The van der Waals surface area contributed by atoms with Crippen molar-refractivity contribution in [3.8, 4) is 11.5 Å². The smallest absolute Gasteiger partial charge is 0.275 e. The third kappa shape index (κ3) is 5.09. The molecule has 3 rings (SSSR count). The van der Waals surface area contributed by atoms with E-state index in [-0.39, 0.29) is 5.91 Å². The molecule has 1 fully saturated rings. The van der Waals surface area contributed by atoms with Crippen LogP contribution in [-0.2, 0) is 11.3 Å². The molecule has 2 aromatic rings. The standard InChI is InChI=1S/C21H26ClN3O3/c1-27-19-8-7-16(13-20(19)28-2)14-23-21(26)15-24-9-11-25(12-10-24)18-6-4-3-5-17(18)22/h3-8,13H,9-12,14-15H2,1-2H3,(H,23,26)/p+1. The zero-order valence-corrected chi connectivity index (χ0v) is 17.1. The molecular weight excluding hydrogens is 378 g/mol. The number of benzene rings is 2. The van der Waals surface area contributed by atoms with Crippen molar-refractivity contribution in [3.05, 3.63) is 53.1 Å². The van der Waals surface area contributed by atoms with E-state index in [4.69, 9.17) is 21.1 Å². The molecule has 0 spiro atoms. The fraction of sp³-hybridized carbons (Fsp3) is 0.381. The number of nitrogens with zero attached hydrogens (tertiary/aromatic N) is 1. The lowest BCUT2D eigenvalue weighted by atomic mass is 10.2. The number of hydrogen-bond acceptors (Lipinski definition) is 4. The summed E-state index contributed by atoms with van der Waals surface area (Å²) in [6, 6.07) is 13.6. The van der Waals surface area contributed by atoms with Crippen LogP contribution < -0.4 is 24.6 Å². The maximum atomic E-state index is 12.3. The third-order valence-electron chi connectivity index (χ3n) is 5.01. The molecule has 1 heterocycles. The zero-order valence-electron chi connectivity index (χ0n) is 16.3. The number of methoxy groups -OCH3 is 2. The van der Waals surface area contributed by atoms with Crippen molar-refractivity contribution in [2.24, 2.45) is 0 Å². The van der Waals surface area contributed by atoms with Crippen LogP contribution in [0.2, 0.25) is 5.02 Å². The molecule has 1 amide bonds. The molecule has 1 saturated heterocycles. The van der Waals surface area contributed by atoms with E-state index >= 15 is 0 Å². The average molecular weight is 405 g/mol. The number of anilines is 1. The number of ether oxygens (including phenoxy) is 2. The molecule has 2 aromatic carbocycles. The minimum Gasteiger partial charge on any atom is -0.493 e. The van der Waals surface area contributed by atoms with Crippen LogP contribution in [0.3, 0.4) is 0 Å². The Kier molecular flexibility index (Phi) is 7.01. The van der Waals surface area contributed by atoms with Gasteiger partial charge < -0.3 is 24.6 Å². The van der Waals surface area contributed by atoms with Crippen molar-refractivity contribution in [1.29, 1.82) is 0 Å². The summed E-state index contributed by atoms with van der Waals surface area (Å²) >= 11 is 6.29. The molecule has 2 N–H and O–H groups in total. The van der Waals surface area contributed by atoms with Crippen LogP contribution >= 0.6 is 11.6 Å². The van der Waals surface area contributed by atoms with E-state index in [1.54, 1.807) is 14.2 Å². The fourth-order valence-corrected chi connectivity index (χ4v) is 3.68. The number of hydrogen-bond donors (Lipinski definition) is 2. The lowest BCUT2D eigenvalue weighted by Gasteiger charge is -2.33. The number of nitrogens with one attached hydrogen (secondary N) is 2. The average Bonchev–Trinajstić information content (AvgIpc) is 2.73. The van der Waals surface area contributed by atoms with Gasteiger partial charge in [-0.05, 0) is 29.8 Å². The highest BCUT2D eigenvalue weighted by molar-refractivity contribution is 6.33. The zero-order chi connectivity index (χ0) is 19.9. The summed E-state index contributed by atoms with van der Waals surface area (Å²) in [5.41, 5.74) is 2.05. The van der Waals surface area contributed by atoms with Gasteiger partial charge in [0.1, 0.15) is 0 Å². The number of halogens is 1. The summed E-state index contributed by atoms with van der Waals surface area (Å²) in [4.78, 5) is 15.9. The second kappa shape index (κ2) is 9.66. The summed E-state index contributed by atoms with van der Waals surface area (Å²) in [5.74, 6) is 1.39. The Morgan fingerprint density at radius 2 is 1.82 bits per heavy atom. The van der Waals surface area contributed by atoms with Crippen molar-refractivity contribution in [2.75, 3.05) is 51.8 Å². The highest BCUT2D eigenvalue weighted by Crippen LogP contribution is 2.27. The molecule has 0 radical (unpaired) electrons. The van der Waals surface area contributed by atoms with Gasteiger partial charge in [-0.1, -0.05) is 29.8 Å². The van der Waals surface area contributed by atoms with Crippen LogP contribution in [0.15, 0.2) is 42.5 Å². The van der Waals surface area contributed by atoms with Gasteiger partial charge in [0.25, 0.3) is 5.91 Å². The van der Waals surface area contributed by atoms with E-state index in [9.17, 15) is 4.79 Å². The summed E-state index contributed by atoms with van der Waals surface area (Å²) in [6.45, 7) is 4.55. The number of carbonyl (C=O) groups excluding carboxylic acids is 1. The molecule has 6 nitrogen and oxygen atoms in total. The topological polar surface area (TPSA) is 55.2 Å². The first-order valence-corrected chi connectivity index (χ1v) is 9.79. The number of para-hydroxylation sites is 1. The third-order valence-corrected chi connectivity index (χ3v) is 5.33. The Morgan fingerprint density at radius 3 is 2.50 bits per heavy atom. The highest BCUT2D eigenvalue weighted by Gasteiger charge is 2.23. The van der Waals surface area contributed by atoms with E-state index in [0.29, 0.717) is 24.6 Å². The first-order valence-electron chi connectivity index (χ1n) is 9.41. The number of piperazine rings is 1. The number of rotatable bonds is 7. The van der Waals surface area contributed by atoms with Crippen molar-refractivity contribution >= 4 is 23.2 Å². The molecule has 0 aliphatic carbocycles. The predicted octanol–water partition coefficient (Wildman–Crippen LogP) is 1.38. The van der Waals surface area contributed by atoms with Gasteiger partial charge in [-0.25, -0.2) is 0 Å². The SMILES string of the molecule is COc1ccc(CNC(=O)C[NH+]2CCN(c3ccccc3Cl)CC2)cc1OC. The second-order valence-corrected chi connectivity index (χ2v) is 7.24. The van der Waals surface area contributed by atoms with Crippen LogP contribution in [0.4, 0.5) is 5.69 Å². The molecule has 0 saturated carbocycles. The van der Waals surface area contributed by atoms with Gasteiger partial charge in [0.05, 0.1) is 51.1 Å². The van der Waals surface area contributed by atoms with Crippen LogP contribution in [0.25, 0.3) is 0 Å². The maximum Gasteiger partial charge on any atom is 0.275 e. The van der Waals surface area contributed by atoms with Crippen molar-refractivity contribution in [1.82, 2.24) is 5.32 Å². The minimum atomic E-state index is 0.0518. The number of quaternary nitrogens is 1. The second-order valence-electron chi connectivity index (χ2n) is 6.83. The van der Waals surface area contributed by atoms with E-state index in [0.717, 1.165) is 42.5 Å². The van der Waals surface area contributed by atoms with Crippen molar-refractivity contribution < 1.29 is 19.2 Å². The molecule has 0 bridgehead atoms. The molecular formula is C21H27ClN3O3+. The van der Waals surface area contributed by atoms with Gasteiger partial charge in [0, 0.05) is 6.54 Å². The van der Waals surface area contributed by atoms with Crippen molar-refractivity contribution in [3.63, 3.8) is 0 Å². The van der Waals surface area contributed by atoms with E-state index in [1.807, 2.05) is 42.5 Å². The van der Waals surface area contributed by atoms with E-state index < -0.39 is 0 Å². The summed E-state index contributed by atoms with van der Waals surface area (Å²) < 4.78 is 10.5. The Balaban J connectivity index is 1.45. The summed E-state index contributed by atoms with van der Waals surface area (Å²) in [5, 5.41) is 3.77. The Hall–Kier alpha value is -2.44. The molecule has 28 heavy (non-hydrogen) atoms. The molecule has 1 aliphatic rings. The Bertz CT molecular complexity index is 807. The van der Waals surface area contributed by atoms with E-state index in [1.165, 1.54) is 4.90 Å². The van der Waals surface area contributed by atoms with Crippen LogP contribution in [0.5, 0.6) is 11.5 Å². The van der Waals surface area contributed by atoms with E-state index in [2.05, 4.69) is 10.2 Å². The maximum absolute atomic E-state index is 12.3. The van der Waals surface area contributed by atoms with Gasteiger partial charge in [-0.2, -0.15) is 0 Å². The molecule has 7 heteroatoms. The minimum absolute atomic E-state index is 0.0518. The first-order chi connectivity index (χ1) is 13.6.